The molecule has 27 nitrogen and oxygen atoms in total. The Kier molecular flexibility index (Phi) is 76.2. The van der Waals surface area contributed by atoms with Gasteiger partial charge in [-0.1, -0.05) is 235 Å². The number of benzene rings is 2. The lowest BCUT2D eigenvalue weighted by Crippen LogP contribution is -3.00. The van der Waals surface area contributed by atoms with Crippen molar-refractivity contribution in [2.75, 3.05) is 231 Å². The molecule has 6 N–H and O–H groups in total. The number of nitrogens with one attached hydrogen (secondary N) is 5. The number of carbonyl (C=O) groups is 6. The molecule has 0 bridgehead atoms. The van der Waals surface area contributed by atoms with E-state index in [1.54, 1.807) is 42.5 Å². The molecule has 0 saturated heterocycles. The minimum Gasteiger partial charge on any atom is -1.00 e. The summed E-state index contributed by atoms with van der Waals surface area (Å²) >= 11 is 12.4. The fourth-order valence-corrected chi connectivity index (χ4v) is 15.4. The second-order valence-electron chi connectivity index (χ2n) is 33.9. The van der Waals surface area contributed by atoms with Gasteiger partial charge in [0.2, 0.25) is 23.6 Å². The van der Waals surface area contributed by atoms with Crippen molar-refractivity contribution in [2.24, 2.45) is 5.41 Å². The van der Waals surface area contributed by atoms with E-state index in [9.17, 15) is 33.9 Å². The van der Waals surface area contributed by atoms with Crippen molar-refractivity contribution in [3.63, 3.8) is 0 Å². The zero-order valence-electron chi connectivity index (χ0n) is 78.3. The Bertz CT molecular complexity index is 2950. The Labute approximate surface area is 778 Å². The third-order valence-corrected chi connectivity index (χ3v) is 22.9. The van der Waals surface area contributed by atoms with E-state index in [4.69, 9.17) is 89.5 Å². The minimum absolute atomic E-state index is 0. The SMILES string of the molecule is CCCCCCCCCCCCCCCCOCC(C[N+](C)(C)CCCNC(=O)CCC(=O)NCCOCCOCCOCCOCCOCCOCCOCCOCCOCCOCCOCCOCCC(=O)NCCC1(C(=O)N[C@@](C)(Cc2ccc(NC(=O)c3c(Cl)cccc3Cl)cc2)C(=O)O)CCCC1)OCCCCCCCCCCCCCCCC.[Br-]. The van der Waals surface area contributed by atoms with E-state index >= 15 is 0 Å². The van der Waals surface area contributed by atoms with Crippen LogP contribution < -0.4 is 43.6 Å². The second-order valence-corrected chi connectivity index (χ2v) is 34.7. The molecule has 0 heterocycles. The first-order valence-corrected chi connectivity index (χ1v) is 48.8. The van der Waals surface area contributed by atoms with Crippen molar-refractivity contribution < 1.29 is 122 Å². The van der Waals surface area contributed by atoms with Crippen molar-refractivity contribution in [2.45, 2.75) is 276 Å². The highest BCUT2D eigenvalue weighted by Gasteiger charge is 2.45. The van der Waals surface area contributed by atoms with E-state index < -0.39 is 22.8 Å². The molecule has 2 aromatic carbocycles. The van der Waals surface area contributed by atoms with Gasteiger partial charge in [-0.05, 0) is 68.9 Å². The lowest BCUT2D eigenvalue weighted by molar-refractivity contribution is -0.893. The number of aliphatic carboxylic acids is 1. The lowest BCUT2D eigenvalue weighted by Gasteiger charge is -2.34. The average molecular weight is 1890 g/mol. The van der Waals surface area contributed by atoms with Crippen LogP contribution in [0.5, 0.6) is 0 Å². The number of carboxylic acids is 1. The largest absolute Gasteiger partial charge is 1.00 e. The Morgan fingerprint density at radius 2 is 0.770 bits per heavy atom. The zero-order chi connectivity index (χ0) is 90.3. The molecule has 126 heavy (non-hydrogen) atoms. The fourth-order valence-electron chi connectivity index (χ4n) is 14.8. The van der Waals surface area contributed by atoms with Crippen LogP contribution in [0.15, 0.2) is 42.5 Å². The maximum Gasteiger partial charge on any atom is 0.329 e. The number of rotatable bonds is 91. The van der Waals surface area contributed by atoms with Gasteiger partial charge in [-0.3, -0.25) is 24.0 Å². The topological polar surface area (TPSA) is 312 Å². The van der Waals surface area contributed by atoms with Crippen molar-refractivity contribution in [1.82, 2.24) is 21.3 Å². The fraction of sp³-hybridized carbons (Fsp3) is 0.812. The van der Waals surface area contributed by atoms with Gasteiger partial charge in [0.15, 0.2) is 0 Å². The van der Waals surface area contributed by atoms with Crippen LogP contribution >= 0.6 is 23.2 Å². The van der Waals surface area contributed by atoms with Gasteiger partial charge in [0, 0.05) is 70.6 Å². The maximum absolute atomic E-state index is 13.9. The molecule has 0 aliphatic heterocycles. The van der Waals surface area contributed by atoms with Crippen LogP contribution in [0.1, 0.15) is 274 Å². The standard InChI is InChI=1S/C96H168Cl2N6O21.BrH/c1-6-8-10-12-14-16-18-20-22-24-26-28-30-34-54-124-82-85(125-55-35-31-29-27-25-23-21-19-17-15-13-11-9-7-2)81-104(4,5)53-37-50-99-88(105)44-45-89(106)101-52-57-113-59-61-115-63-65-117-67-69-119-71-73-121-75-77-123-79-78-122-76-74-120-72-70-118-68-66-116-64-62-114-60-58-112-56-46-90(107)100-51-49-96(47-32-33-48-96)93(109)103-95(3,94(110)111)80-83-40-42-84(43-41-83)102-92(108)91-86(97)38-36-39-87(91)98;/h36,38-43,85H,6-35,37,44-82H2,1-5H3,(H5-,99,100,101,102,103,105,106,107,108,109,110,111);1H/t85?,95-;/m0./s1. The number of hydrogen-bond acceptors (Lipinski definition) is 20. The van der Waals surface area contributed by atoms with Gasteiger partial charge in [0.05, 0.1) is 207 Å². The number of carboxylic acid groups (broad SMARTS) is 1. The number of carbonyl (C=O) groups excluding carboxylic acids is 5. The first-order chi connectivity index (χ1) is 60.9. The molecule has 1 aliphatic carbocycles. The molecule has 2 atom stereocenters. The molecule has 1 aliphatic rings. The predicted octanol–water partition coefficient (Wildman–Crippen LogP) is 13.3. The molecular formula is C96H169BrCl2N6O21. The van der Waals surface area contributed by atoms with Gasteiger partial charge >= 0.3 is 5.97 Å². The molecule has 2 aromatic rings. The van der Waals surface area contributed by atoms with Gasteiger partial charge in [-0.25, -0.2) is 4.79 Å². The number of amides is 5. The van der Waals surface area contributed by atoms with Crippen LogP contribution in [0, 0.1) is 5.41 Å². The molecule has 1 saturated carbocycles. The van der Waals surface area contributed by atoms with E-state index in [-0.39, 0.29) is 101 Å². The predicted molar refractivity (Wildman–Crippen MR) is 495 cm³/mol. The van der Waals surface area contributed by atoms with E-state index in [1.165, 1.54) is 174 Å². The van der Waals surface area contributed by atoms with E-state index in [1.807, 2.05) is 0 Å². The maximum atomic E-state index is 13.9. The quantitative estimate of drug-likeness (QED) is 0.0265. The number of halogens is 3. The molecule has 1 fully saturated rings. The van der Waals surface area contributed by atoms with Crippen LogP contribution in [0.2, 0.25) is 10.0 Å². The van der Waals surface area contributed by atoms with Crippen molar-refractivity contribution in [3.05, 3.63) is 63.6 Å². The Balaban J connectivity index is 0.0000538. The number of hydrogen-bond donors (Lipinski definition) is 6. The van der Waals surface area contributed by atoms with Crippen LogP contribution in [0.25, 0.3) is 0 Å². The van der Waals surface area contributed by atoms with Gasteiger partial charge in [-0.2, -0.15) is 0 Å². The number of likely N-dealkylation sites (N-methyl/N-ethyl adjacent to an activating group) is 1. The molecule has 5 amide bonds. The second kappa shape index (κ2) is 81.5. The summed E-state index contributed by atoms with van der Waals surface area (Å²) in [5, 5.41) is 25.1. The van der Waals surface area contributed by atoms with Crippen molar-refractivity contribution in [3.8, 4) is 0 Å². The summed E-state index contributed by atoms with van der Waals surface area (Å²) in [5.41, 5.74) is -1.21. The highest BCUT2D eigenvalue weighted by molar-refractivity contribution is 6.40. The van der Waals surface area contributed by atoms with E-state index in [0.29, 0.717) is 202 Å². The van der Waals surface area contributed by atoms with Crippen LogP contribution in [0.4, 0.5) is 5.69 Å². The zero-order valence-corrected chi connectivity index (χ0v) is 81.4. The third kappa shape index (κ3) is 65.3. The third-order valence-electron chi connectivity index (χ3n) is 22.3. The lowest BCUT2D eigenvalue weighted by atomic mass is 9.80. The highest BCUT2D eigenvalue weighted by Crippen LogP contribution is 2.42. The summed E-state index contributed by atoms with van der Waals surface area (Å²) in [6.45, 7) is 20.9. The average Bonchev–Trinajstić information content (AvgIpc) is 1.56. The molecule has 0 aromatic heterocycles. The number of quaternary nitrogens is 1. The summed E-state index contributed by atoms with van der Waals surface area (Å²) in [6.07, 6.45) is 42.1. The van der Waals surface area contributed by atoms with Crippen molar-refractivity contribution >= 4 is 64.4 Å². The summed E-state index contributed by atoms with van der Waals surface area (Å²) < 4.78 is 80.5. The van der Waals surface area contributed by atoms with Crippen LogP contribution in [-0.2, 0) is 96.7 Å². The van der Waals surface area contributed by atoms with Crippen LogP contribution in [0.3, 0.4) is 0 Å². The highest BCUT2D eigenvalue weighted by atomic mass is 79.9. The number of ether oxygens (including phenoxy) is 14. The van der Waals surface area contributed by atoms with E-state index in [2.05, 4.69) is 54.5 Å². The Hall–Kier alpha value is -4.28. The molecule has 3 rings (SSSR count). The first kappa shape index (κ1) is 118. The number of nitrogens with zero attached hydrogens (tertiary/aromatic N) is 1. The molecular weight excluding hydrogens is 1720 g/mol. The molecule has 30 heteroatoms. The summed E-state index contributed by atoms with van der Waals surface area (Å²) in [5.74, 6) is -2.54. The summed E-state index contributed by atoms with van der Waals surface area (Å²) in [7, 11) is 4.48. The van der Waals surface area contributed by atoms with E-state index in [0.717, 1.165) is 62.9 Å². The van der Waals surface area contributed by atoms with Crippen molar-refractivity contribution in [1.29, 1.82) is 0 Å². The van der Waals surface area contributed by atoms with Gasteiger partial charge in [0.1, 0.15) is 18.2 Å². The first-order valence-electron chi connectivity index (χ1n) is 48.1. The number of anilines is 1. The molecule has 1 unspecified atom stereocenters. The molecule has 730 valence electrons. The van der Waals surface area contributed by atoms with Gasteiger partial charge < -0.3 is 119 Å². The van der Waals surface area contributed by atoms with Gasteiger partial charge in [0.25, 0.3) is 5.91 Å². The number of unbranched alkanes of at least 4 members (excludes halogenated alkanes) is 26. The monoisotopic (exact) mass is 1890 g/mol. The minimum atomic E-state index is -1.63. The molecule has 0 radical (unpaired) electrons. The molecule has 0 spiro atoms. The Morgan fingerprint density at radius 1 is 0.421 bits per heavy atom. The summed E-state index contributed by atoms with van der Waals surface area (Å²) in [4.78, 5) is 77.2. The Morgan fingerprint density at radius 3 is 1.17 bits per heavy atom. The summed E-state index contributed by atoms with van der Waals surface area (Å²) in [6, 6.07) is 11.4. The smallest absolute Gasteiger partial charge is 0.329 e. The van der Waals surface area contributed by atoms with Crippen LogP contribution in [-0.4, -0.2) is 282 Å². The van der Waals surface area contributed by atoms with Gasteiger partial charge in [-0.15, -0.1) is 0 Å². The normalized spacial score (nSPS) is 13.3.